The van der Waals surface area contributed by atoms with Crippen molar-refractivity contribution < 1.29 is 89.4 Å². The highest BCUT2D eigenvalue weighted by molar-refractivity contribution is 5.76. The van der Waals surface area contributed by atoms with E-state index in [1.54, 1.807) is 12.2 Å². The van der Waals surface area contributed by atoms with Crippen molar-refractivity contribution in [1.82, 2.24) is 5.32 Å². The Kier molecular flexibility index (Phi) is 31.8. The van der Waals surface area contributed by atoms with Crippen LogP contribution in [-0.4, -0.2) is 193 Å². The Hall–Kier alpha value is -2.25. The lowest BCUT2D eigenvalue weighted by atomic mass is 9.96. The number of amides is 1. The average molecular weight is 1000 g/mol. The van der Waals surface area contributed by atoms with E-state index < -0.39 is 124 Å². The van der Waals surface area contributed by atoms with Gasteiger partial charge >= 0.3 is 0 Å². The van der Waals surface area contributed by atoms with Gasteiger partial charge in [-0.1, -0.05) is 120 Å². The summed E-state index contributed by atoms with van der Waals surface area (Å²) < 4.78 is 34.0. The Morgan fingerprint density at radius 3 is 1.56 bits per heavy atom. The van der Waals surface area contributed by atoms with Crippen molar-refractivity contribution in [2.24, 2.45) is 0 Å². The van der Waals surface area contributed by atoms with Crippen LogP contribution in [0, 0.1) is 0 Å². The van der Waals surface area contributed by atoms with Crippen molar-refractivity contribution >= 4 is 5.91 Å². The summed E-state index contributed by atoms with van der Waals surface area (Å²) in [5.74, 6) is -0.302. The number of carbonyl (C=O) groups excluding carboxylic acids is 1. The number of unbranched alkanes of at least 4 members (excludes halogenated alkanes) is 13. The van der Waals surface area contributed by atoms with Crippen LogP contribution < -0.4 is 5.32 Å². The molecule has 0 radical (unpaired) electrons. The molecule has 3 saturated heterocycles. The third kappa shape index (κ3) is 21.3. The summed E-state index contributed by atoms with van der Waals surface area (Å²) in [6, 6.07) is -0.990. The van der Waals surface area contributed by atoms with Gasteiger partial charge in [-0.2, -0.15) is 0 Å². The van der Waals surface area contributed by atoms with Crippen LogP contribution in [0.25, 0.3) is 0 Å². The zero-order valence-electron chi connectivity index (χ0n) is 41.5. The molecule has 17 unspecified atom stereocenters. The van der Waals surface area contributed by atoms with Gasteiger partial charge in [-0.25, -0.2) is 0 Å². The van der Waals surface area contributed by atoms with Crippen LogP contribution in [0.15, 0.2) is 48.6 Å². The van der Waals surface area contributed by atoms with Gasteiger partial charge in [0.15, 0.2) is 18.9 Å². The molecule has 70 heavy (non-hydrogen) atoms. The molecule has 12 N–H and O–H groups in total. The van der Waals surface area contributed by atoms with Gasteiger partial charge < -0.3 is 89.9 Å². The summed E-state index contributed by atoms with van der Waals surface area (Å²) in [7, 11) is 0. The molecule has 3 aliphatic heterocycles. The molecule has 3 rings (SSSR count). The summed E-state index contributed by atoms with van der Waals surface area (Å²) in [6.07, 6.45) is 8.70. The molecule has 17 atom stereocenters. The zero-order valence-corrected chi connectivity index (χ0v) is 41.5. The molecule has 0 aromatic carbocycles. The van der Waals surface area contributed by atoms with E-state index >= 15 is 0 Å². The number of carbonyl (C=O) groups is 1. The highest BCUT2D eigenvalue weighted by Crippen LogP contribution is 2.33. The summed E-state index contributed by atoms with van der Waals surface area (Å²) >= 11 is 0. The maximum Gasteiger partial charge on any atom is 0.220 e. The van der Waals surface area contributed by atoms with Crippen molar-refractivity contribution in [3.63, 3.8) is 0 Å². The first-order chi connectivity index (χ1) is 33.8. The largest absolute Gasteiger partial charge is 0.394 e. The van der Waals surface area contributed by atoms with Crippen molar-refractivity contribution in [3.05, 3.63) is 48.6 Å². The number of hydrogen-bond acceptors (Lipinski definition) is 18. The lowest BCUT2D eigenvalue weighted by Crippen LogP contribution is -2.66. The minimum absolute atomic E-state index is 0.224. The number of aliphatic hydroxyl groups excluding tert-OH is 11. The normalized spacial score (nSPS) is 33.0. The predicted octanol–water partition coefficient (Wildman–Crippen LogP) is 1.97. The van der Waals surface area contributed by atoms with Gasteiger partial charge in [0.2, 0.25) is 5.91 Å². The highest BCUT2D eigenvalue weighted by Gasteiger charge is 2.53. The number of hydrogen-bond donors (Lipinski definition) is 12. The number of allylic oxidation sites excluding steroid dienone is 7. The molecule has 0 bridgehead atoms. The van der Waals surface area contributed by atoms with Crippen LogP contribution in [0.3, 0.4) is 0 Å². The van der Waals surface area contributed by atoms with E-state index in [1.807, 2.05) is 0 Å². The number of nitrogens with one attached hydrogen (secondary N) is 1. The van der Waals surface area contributed by atoms with Gasteiger partial charge in [-0.15, -0.1) is 0 Å². The van der Waals surface area contributed by atoms with E-state index in [4.69, 9.17) is 28.4 Å². The predicted molar refractivity (Wildman–Crippen MR) is 259 cm³/mol. The van der Waals surface area contributed by atoms with Crippen molar-refractivity contribution in [1.29, 1.82) is 0 Å². The van der Waals surface area contributed by atoms with Crippen LogP contribution in [0.5, 0.6) is 0 Å². The minimum atomic E-state index is -1.98. The quantitative estimate of drug-likeness (QED) is 0.0319. The van der Waals surface area contributed by atoms with Crippen LogP contribution in [0.2, 0.25) is 0 Å². The molecule has 406 valence electrons. The summed E-state index contributed by atoms with van der Waals surface area (Å²) in [6.45, 7) is 1.51. The standard InChI is InChI=1S/C51H89NO18/c1-3-5-7-9-11-12-13-14-15-16-17-18-19-20-21-23-25-27-29-39(57)52-34(35(56)28-26-24-22-10-8-6-4-2)33-65-49-45(63)42(60)47(37(31-54)67-49)70-51-46(64)43(61)48(38(32-55)68-51)69-50-44(62)41(59)40(58)36(30-53)66-50/h8,10,12-13,15-16,26,28,34-38,40-51,53-56,58-64H,3-7,9,11,14,17-25,27,29-33H2,1-2H3,(H,52,57)/b10-8+,13-12-,16-15-,28-26+. The summed E-state index contributed by atoms with van der Waals surface area (Å²) in [5.41, 5.74) is 0. The van der Waals surface area contributed by atoms with Crippen LogP contribution in [0.4, 0.5) is 0 Å². The first-order valence-electron chi connectivity index (χ1n) is 25.9. The second-order valence-electron chi connectivity index (χ2n) is 18.6. The second kappa shape index (κ2) is 35.8. The number of ether oxygens (including phenoxy) is 6. The highest BCUT2D eigenvalue weighted by atomic mass is 16.8. The SMILES string of the molecule is CCC/C=C/CC/C=C/C(O)C(COC1OC(CO)C(OC2OC(CO)C(OC3OC(CO)C(O)C(O)C3O)C(O)C2O)C(O)C1O)NC(=O)CCCCCCCCC/C=C\C/C=C\CCCCCC. The first kappa shape index (κ1) is 62.0. The van der Waals surface area contributed by atoms with E-state index in [2.05, 4.69) is 55.6 Å². The van der Waals surface area contributed by atoms with E-state index in [9.17, 15) is 61.0 Å². The smallest absolute Gasteiger partial charge is 0.220 e. The molecule has 0 saturated carbocycles. The fraction of sp³-hybridized carbons (Fsp3) is 0.824. The van der Waals surface area contributed by atoms with E-state index in [0.29, 0.717) is 12.8 Å². The molecule has 0 spiro atoms. The molecule has 3 heterocycles. The Morgan fingerprint density at radius 2 is 0.986 bits per heavy atom. The second-order valence-corrected chi connectivity index (χ2v) is 18.6. The van der Waals surface area contributed by atoms with Gasteiger partial charge in [-0.3, -0.25) is 4.79 Å². The van der Waals surface area contributed by atoms with E-state index in [1.165, 1.54) is 25.7 Å². The first-order valence-corrected chi connectivity index (χ1v) is 25.9. The number of aliphatic hydroxyl groups is 11. The maximum atomic E-state index is 13.2. The van der Waals surface area contributed by atoms with Crippen molar-refractivity contribution in [2.45, 2.75) is 240 Å². The topological polar surface area (TPSA) is 307 Å². The zero-order chi connectivity index (χ0) is 51.3. The lowest BCUT2D eigenvalue weighted by molar-refractivity contribution is -0.379. The molecular formula is C51H89NO18. The van der Waals surface area contributed by atoms with Gasteiger partial charge in [0.1, 0.15) is 73.2 Å². The molecule has 19 heteroatoms. The summed E-state index contributed by atoms with van der Waals surface area (Å²) in [5, 5.41) is 119. The molecular weight excluding hydrogens is 915 g/mol. The lowest BCUT2D eigenvalue weighted by Gasteiger charge is -2.48. The molecule has 0 aromatic rings. The Bertz CT molecular complexity index is 1480. The molecule has 0 aromatic heterocycles. The Balaban J connectivity index is 1.51. The number of rotatable bonds is 35. The minimum Gasteiger partial charge on any atom is -0.394 e. The van der Waals surface area contributed by atoms with Gasteiger partial charge in [0.05, 0.1) is 38.6 Å². The molecule has 19 nitrogen and oxygen atoms in total. The van der Waals surface area contributed by atoms with Gasteiger partial charge in [0, 0.05) is 6.42 Å². The maximum absolute atomic E-state index is 13.2. The molecule has 1 amide bonds. The monoisotopic (exact) mass is 1000 g/mol. The van der Waals surface area contributed by atoms with E-state index in [-0.39, 0.29) is 18.9 Å². The average Bonchev–Trinajstić information content (AvgIpc) is 3.35. The van der Waals surface area contributed by atoms with Crippen LogP contribution in [0.1, 0.15) is 136 Å². The Morgan fingerprint density at radius 1 is 0.514 bits per heavy atom. The molecule has 0 aliphatic carbocycles. The fourth-order valence-corrected chi connectivity index (χ4v) is 8.48. The van der Waals surface area contributed by atoms with Crippen molar-refractivity contribution in [2.75, 3.05) is 26.4 Å². The van der Waals surface area contributed by atoms with E-state index in [0.717, 1.165) is 77.0 Å². The van der Waals surface area contributed by atoms with Gasteiger partial charge in [-0.05, 0) is 57.8 Å². The van der Waals surface area contributed by atoms with Gasteiger partial charge in [0.25, 0.3) is 0 Å². The van der Waals surface area contributed by atoms with Crippen LogP contribution in [-0.2, 0) is 33.2 Å². The molecule has 3 aliphatic rings. The fourth-order valence-electron chi connectivity index (χ4n) is 8.48. The molecule has 3 fully saturated rings. The third-order valence-electron chi connectivity index (χ3n) is 12.8. The van der Waals surface area contributed by atoms with Crippen molar-refractivity contribution in [3.8, 4) is 0 Å². The van der Waals surface area contributed by atoms with Crippen LogP contribution >= 0.6 is 0 Å². The summed E-state index contributed by atoms with van der Waals surface area (Å²) in [4.78, 5) is 13.2. The Labute approximate surface area is 414 Å². The third-order valence-corrected chi connectivity index (χ3v) is 12.8.